The highest BCUT2D eigenvalue weighted by molar-refractivity contribution is 9.09. The quantitative estimate of drug-likeness (QED) is 0.0310. The predicted octanol–water partition coefficient (Wildman–Crippen LogP) is 11.6. The van der Waals surface area contributed by atoms with E-state index in [2.05, 4.69) is 62.5 Å². The van der Waals surface area contributed by atoms with Gasteiger partial charge in [0.05, 0.1) is 49.0 Å². The van der Waals surface area contributed by atoms with Crippen molar-refractivity contribution in [2.24, 2.45) is 58.8 Å². The van der Waals surface area contributed by atoms with Crippen molar-refractivity contribution in [3.63, 3.8) is 0 Å². The van der Waals surface area contributed by atoms with Crippen LogP contribution in [0.2, 0.25) is 0 Å². The Bertz CT molecular complexity index is 3340. The van der Waals surface area contributed by atoms with Crippen molar-refractivity contribution >= 4 is 51.5 Å². The van der Waals surface area contributed by atoms with E-state index in [1.165, 1.54) is 103 Å². The lowest BCUT2D eigenvalue weighted by molar-refractivity contribution is -0.151. The number of hydrogen-bond donors (Lipinski definition) is 12. The molecule has 0 aromatic heterocycles. The number of halogens is 1. The van der Waals surface area contributed by atoms with Crippen LogP contribution in [0.5, 0.6) is 0 Å². The molecule has 0 bridgehead atoms. The number of benzene rings is 3. The number of aliphatic hydroxyl groups excluding tert-OH is 3. The summed E-state index contributed by atoms with van der Waals surface area (Å²) in [6.45, 7) is 34.4. The van der Waals surface area contributed by atoms with Crippen molar-refractivity contribution in [1.82, 2.24) is 46.6 Å². The van der Waals surface area contributed by atoms with E-state index in [1.807, 2.05) is 195 Å². The Morgan fingerprint density at radius 2 is 0.735 bits per heavy atom. The van der Waals surface area contributed by atoms with Gasteiger partial charge >= 0.3 is 11.9 Å². The van der Waals surface area contributed by atoms with Gasteiger partial charge in [-0.2, -0.15) is 0 Å². The molecule has 3 aromatic carbocycles. The molecule has 4 saturated carbocycles. The SMILES string of the molecule is CC(C)(C)NC(=O)C1CC2CCCCC2CN1CC(O)C(Cc1ccccc1)NCC(=O)O.CC(C)(C)NC(=O)C1CC2CCCCC2CN1CC(O)C(N)Cc1ccccc1.CC(C)(C)NC(=O)C1CC2CCCCC2CN1CC(O)C(N)Cc1ccccc1.CC(C)(C)NC(=O)[C@@H]1C[C@@H]2CCCC[C@@H]2CN1.CC(C)(C)OC(=O)CBr. The van der Waals surface area contributed by atoms with E-state index in [0.29, 0.717) is 74.4 Å². The molecule has 18 atom stereocenters. The Morgan fingerprint density at radius 3 is 1.04 bits per heavy atom. The molecule has 8 aliphatic rings. The molecule has 4 aliphatic heterocycles. The molecule has 4 heterocycles. The number of hydrogen-bond acceptors (Lipinski definition) is 17. The number of alkyl halides is 1. The number of carboxylic acid groups (broad SMARTS) is 1. The van der Waals surface area contributed by atoms with Crippen LogP contribution in [-0.4, -0.2) is 217 Å². The lowest BCUT2D eigenvalue weighted by Crippen LogP contribution is -2.60. The third-order valence-electron chi connectivity index (χ3n) is 24.6. The summed E-state index contributed by atoms with van der Waals surface area (Å²) in [6.07, 6.45) is 23.6. The van der Waals surface area contributed by atoms with Gasteiger partial charge in [0.25, 0.3) is 0 Å². The number of carbonyl (C=O) groups is 6. The summed E-state index contributed by atoms with van der Waals surface area (Å²) >= 11 is 2.99. The van der Waals surface area contributed by atoms with Gasteiger partial charge in [-0.05, 0) is 245 Å². The summed E-state index contributed by atoms with van der Waals surface area (Å²) in [6, 6.07) is 28.2. The highest BCUT2D eigenvalue weighted by Gasteiger charge is 2.46. The number of likely N-dealkylation sites (tertiary alicyclic amines) is 3. The zero-order valence-corrected chi connectivity index (χ0v) is 75.8. The number of carbonyl (C=O) groups excluding carboxylic acids is 5. The number of ether oxygens (including phenoxy) is 1. The van der Waals surface area contributed by atoms with Gasteiger partial charge < -0.3 is 68.5 Å². The number of β-amino-alcohol motifs (C(OH)–C–C–N with tert-alkyl or cyclic N) is 3. The van der Waals surface area contributed by atoms with Gasteiger partial charge in [-0.15, -0.1) is 0 Å². The summed E-state index contributed by atoms with van der Waals surface area (Å²) in [5, 5.41) is 61.4. The van der Waals surface area contributed by atoms with Gasteiger partial charge in [-0.3, -0.25) is 43.5 Å². The third-order valence-corrected chi connectivity index (χ3v) is 25.1. The molecule has 0 radical (unpaired) electrons. The zero-order chi connectivity index (χ0) is 86.0. The van der Waals surface area contributed by atoms with Crippen molar-refractivity contribution < 1.29 is 53.9 Å². The van der Waals surface area contributed by atoms with E-state index >= 15 is 0 Å². The number of carboxylic acids is 1. The first-order chi connectivity index (χ1) is 55.0. The van der Waals surface area contributed by atoms with Gasteiger partial charge in [0.15, 0.2) is 0 Å². The van der Waals surface area contributed by atoms with E-state index in [9.17, 15) is 49.2 Å². The molecule has 4 amide bonds. The van der Waals surface area contributed by atoms with Gasteiger partial charge in [0, 0.05) is 79.5 Å². The van der Waals surface area contributed by atoms with Crippen molar-refractivity contribution in [2.75, 3.05) is 57.7 Å². The minimum absolute atomic E-state index is 0.0248. The monoisotopic (exact) mass is 1690 g/mol. The molecule has 14 N–H and O–H groups in total. The predicted molar refractivity (Wildman–Crippen MR) is 473 cm³/mol. The number of aliphatic hydroxyl groups is 3. The summed E-state index contributed by atoms with van der Waals surface area (Å²) in [7, 11) is 0. The van der Waals surface area contributed by atoms with Crippen molar-refractivity contribution in [3.8, 4) is 0 Å². The average molecular weight is 1700 g/mol. The molecule has 11 rings (SSSR count). The number of rotatable bonds is 23. The number of nitrogens with one attached hydrogen (secondary N) is 6. The molecule has 117 heavy (non-hydrogen) atoms. The number of fused-ring (bicyclic) bond motifs is 4. The van der Waals surface area contributed by atoms with Gasteiger partial charge in [-0.25, -0.2) is 0 Å². The first-order valence-corrected chi connectivity index (χ1v) is 45.7. The van der Waals surface area contributed by atoms with E-state index in [-0.39, 0.29) is 105 Å². The van der Waals surface area contributed by atoms with Crippen LogP contribution in [0.3, 0.4) is 0 Å². The summed E-state index contributed by atoms with van der Waals surface area (Å²) in [4.78, 5) is 79.8. The number of nitrogens with two attached hydrogens (primary N) is 2. The van der Waals surface area contributed by atoms with Crippen LogP contribution in [0.25, 0.3) is 0 Å². The van der Waals surface area contributed by atoms with Crippen LogP contribution in [0.1, 0.15) is 249 Å². The molecule has 8 fully saturated rings. The van der Waals surface area contributed by atoms with Crippen LogP contribution in [0, 0.1) is 47.3 Å². The highest BCUT2D eigenvalue weighted by atomic mass is 79.9. The Labute approximate surface area is 712 Å². The molecule has 4 saturated heterocycles. The fraction of sp³-hybridized carbons (Fsp3) is 0.745. The zero-order valence-electron chi connectivity index (χ0n) is 74.2. The first-order valence-electron chi connectivity index (χ1n) is 44.6. The molecule has 4 aliphatic carbocycles. The van der Waals surface area contributed by atoms with Gasteiger partial charge in [-0.1, -0.05) is 184 Å². The molecule has 22 nitrogen and oxygen atoms in total. The molecule has 3 aromatic rings. The number of esters is 1. The Kier molecular flexibility index (Phi) is 39.4. The molecule has 15 unspecified atom stereocenters. The normalized spacial score (nSPS) is 26.7. The van der Waals surface area contributed by atoms with Crippen LogP contribution in [0.4, 0.5) is 0 Å². The lowest BCUT2D eigenvalue weighted by Gasteiger charge is -2.47. The maximum absolute atomic E-state index is 13.2. The minimum Gasteiger partial charge on any atom is -0.480 e. The fourth-order valence-corrected chi connectivity index (χ4v) is 19.2. The number of piperidine rings is 4. The Balaban J connectivity index is 0.000000211. The third kappa shape index (κ3) is 35.5. The first kappa shape index (κ1) is 98.7. The largest absolute Gasteiger partial charge is 0.480 e. The van der Waals surface area contributed by atoms with Crippen LogP contribution in [0.15, 0.2) is 91.0 Å². The van der Waals surface area contributed by atoms with Gasteiger partial charge in [0.2, 0.25) is 23.6 Å². The van der Waals surface area contributed by atoms with Crippen molar-refractivity contribution in [3.05, 3.63) is 108 Å². The number of aliphatic carboxylic acids is 1. The fourth-order valence-electron chi connectivity index (χ4n) is 19.0. The van der Waals surface area contributed by atoms with E-state index in [1.54, 1.807) is 0 Å². The molecular formula is C94H156BrN11O11. The van der Waals surface area contributed by atoms with Crippen LogP contribution in [-0.2, 0) is 52.8 Å². The molecular weight excluding hydrogens is 1540 g/mol. The second-order valence-corrected chi connectivity index (χ2v) is 41.2. The second-order valence-electron chi connectivity index (χ2n) is 40.7. The topological polar surface area (TPSA) is 327 Å². The maximum Gasteiger partial charge on any atom is 0.317 e. The van der Waals surface area contributed by atoms with E-state index in [0.717, 1.165) is 80.4 Å². The summed E-state index contributed by atoms with van der Waals surface area (Å²) in [5.41, 5.74) is 14.7. The summed E-state index contributed by atoms with van der Waals surface area (Å²) in [5.74, 6) is 4.47. The molecule has 0 spiro atoms. The highest BCUT2D eigenvalue weighted by Crippen LogP contribution is 2.43. The van der Waals surface area contributed by atoms with Crippen molar-refractivity contribution in [2.45, 2.75) is 340 Å². The van der Waals surface area contributed by atoms with Crippen LogP contribution < -0.4 is 43.4 Å². The van der Waals surface area contributed by atoms with Crippen molar-refractivity contribution in [1.29, 1.82) is 0 Å². The summed E-state index contributed by atoms with van der Waals surface area (Å²) < 4.78 is 4.90. The number of amides is 4. The smallest absolute Gasteiger partial charge is 0.317 e. The average Bonchev–Trinajstić information content (AvgIpc) is 0.805. The Morgan fingerprint density at radius 1 is 0.436 bits per heavy atom. The standard InChI is InChI=1S/C26H41N3O4.2C24H39N3O2.C14H26N2O.C6H11BrO2/c1-26(2,3)28-25(33)22-14-19-11-7-8-12-20(19)16-29(22)17-23(30)21(27-15-24(31)32)13-18-9-5-4-6-10-18;2*1-24(2,3)26-23(29)21-14-18-11-7-8-12-19(18)15-27(21)16-22(28)20(25)13-17-9-5-4-6-10-17;1-14(2,3)16-13(17)12-8-10-6-4-5-7-11(10)9-15-12;1-6(2,3)9-5(8)4-7/h4-6,9-10,19-23,27,30H,7-8,11-17H2,1-3H3,(H,28,33)(H,31,32);2*4-6,9-10,18-22,28H,7-8,11-16,25H2,1-3H3,(H,26,29);10-12,15H,4-9H2,1-3H3,(H,16,17);4H2,1-3H3/t;;;10-,11+,12-;/m...0./s1. The number of nitrogens with zero attached hydrogens (tertiary/aromatic N) is 3. The lowest BCUT2D eigenvalue weighted by atomic mass is 9.72. The second kappa shape index (κ2) is 46.7. The molecule has 660 valence electrons. The molecule has 23 heteroatoms. The minimum atomic E-state index is -0.953. The maximum atomic E-state index is 13.2. The van der Waals surface area contributed by atoms with Crippen LogP contribution >= 0.6 is 15.9 Å². The Hall–Kier alpha value is -5.44. The van der Waals surface area contributed by atoms with Gasteiger partial charge in [0.1, 0.15) is 10.9 Å². The van der Waals surface area contributed by atoms with E-state index in [4.69, 9.17) is 16.2 Å². The van der Waals surface area contributed by atoms with E-state index < -0.39 is 30.3 Å².